The van der Waals surface area contributed by atoms with E-state index in [-0.39, 0.29) is 24.4 Å². The standard InChI is InChI=1S/C19H26FNO4/c1-13-6-4-5-7-16(13)21-17(22)12-24-18(23)19(2,3)25-15-10-8-14(20)9-11-15/h8-11,13,16H,4-7,12H2,1-3H3,(H,21,22)/t13-,16+/m0/s1. The van der Waals surface area contributed by atoms with Crippen molar-refractivity contribution in [2.75, 3.05) is 6.61 Å². The summed E-state index contributed by atoms with van der Waals surface area (Å²) in [5, 5.41) is 2.93. The monoisotopic (exact) mass is 351 g/mol. The molecular weight excluding hydrogens is 325 g/mol. The zero-order chi connectivity index (χ0) is 18.4. The molecule has 1 aliphatic rings. The summed E-state index contributed by atoms with van der Waals surface area (Å²) >= 11 is 0. The normalized spacial score (nSPS) is 20.6. The van der Waals surface area contributed by atoms with E-state index in [1.165, 1.54) is 30.7 Å². The molecule has 0 aliphatic heterocycles. The van der Waals surface area contributed by atoms with Crippen molar-refractivity contribution in [2.24, 2.45) is 5.92 Å². The van der Waals surface area contributed by atoms with Gasteiger partial charge in [0.1, 0.15) is 11.6 Å². The predicted molar refractivity (Wildman–Crippen MR) is 91.6 cm³/mol. The van der Waals surface area contributed by atoms with Crippen molar-refractivity contribution in [3.63, 3.8) is 0 Å². The molecule has 0 heterocycles. The van der Waals surface area contributed by atoms with Crippen molar-refractivity contribution in [1.82, 2.24) is 5.32 Å². The van der Waals surface area contributed by atoms with E-state index >= 15 is 0 Å². The average Bonchev–Trinajstić information content (AvgIpc) is 2.56. The van der Waals surface area contributed by atoms with Gasteiger partial charge in [0.2, 0.25) is 0 Å². The number of benzene rings is 1. The minimum Gasteiger partial charge on any atom is -0.476 e. The summed E-state index contributed by atoms with van der Waals surface area (Å²) in [6.45, 7) is 4.87. The Morgan fingerprint density at radius 2 is 1.84 bits per heavy atom. The lowest BCUT2D eigenvalue weighted by Crippen LogP contribution is -2.45. The second-order valence-corrected chi connectivity index (χ2v) is 7.08. The van der Waals surface area contributed by atoms with Gasteiger partial charge in [0, 0.05) is 6.04 Å². The second-order valence-electron chi connectivity index (χ2n) is 7.08. The molecule has 1 saturated carbocycles. The molecule has 1 aromatic carbocycles. The molecule has 0 saturated heterocycles. The Labute approximate surface area is 147 Å². The van der Waals surface area contributed by atoms with Gasteiger partial charge in [-0.05, 0) is 56.9 Å². The van der Waals surface area contributed by atoms with Crippen LogP contribution in [0.25, 0.3) is 0 Å². The van der Waals surface area contributed by atoms with Gasteiger partial charge in [0.05, 0.1) is 0 Å². The van der Waals surface area contributed by atoms with Crippen LogP contribution in [0.1, 0.15) is 46.5 Å². The van der Waals surface area contributed by atoms with E-state index in [0.29, 0.717) is 11.7 Å². The van der Waals surface area contributed by atoms with Gasteiger partial charge in [-0.2, -0.15) is 0 Å². The summed E-state index contributed by atoms with van der Waals surface area (Å²) < 4.78 is 23.6. The largest absolute Gasteiger partial charge is 0.476 e. The average molecular weight is 351 g/mol. The number of halogens is 1. The highest BCUT2D eigenvalue weighted by Crippen LogP contribution is 2.23. The van der Waals surface area contributed by atoms with E-state index < -0.39 is 11.6 Å². The second kappa shape index (κ2) is 8.32. The minimum atomic E-state index is -1.28. The van der Waals surface area contributed by atoms with Gasteiger partial charge < -0.3 is 14.8 Å². The van der Waals surface area contributed by atoms with Crippen LogP contribution in [0.15, 0.2) is 24.3 Å². The fraction of sp³-hybridized carbons (Fsp3) is 0.579. The molecule has 0 radical (unpaired) electrons. The van der Waals surface area contributed by atoms with Crippen LogP contribution in [0.5, 0.6) is 5.75 Å². The number of hydrogen-bond acceptors (Lipinski definition) is 4. The number of carbonyl (C=O) groups is 2. The first-order valence-corrected chi connectivity index (χ1v) is 8.69. The van der Waals surface area contributed by atoms with E-state index in [4.69, 9.17) is 9.47 Å². The lowest BCUT2D eigenvalue weighted by molar-refractivity contribution is -0.162. The van der Waals surface area contributed by atoms with Gasteiger partial charge in [0.25, 0.3) is 5.91 Å². The minimum absolute atomic E-state index is 0.142. The third-order valence-electron chi connectivity index (χ3n) is 4.47. The van der Waals surface area contributed by atoms with Gasteiger partial charge in [-0.25, -0.2) is 9.18 Å². The van der Waals surface area contributed by atoms with Crippen LogP contribution >= 0.6 is 0 Å². The summed E-state index contributed by atoms with van der Waals surface area (Å²) in [5.74, 6) is -0.551. The van der Waals surface area contributed by atoms with Crippen LogP contribution in [0, 0.1) is 11.7 Å². The molecule has 1 amide bonds. The van der Waals surface area contributed by atoms with Crippen LogP contribution in [0.3, 0.4) is 0 Å². The Bertz CT molecular complexity index is 600. The van der Waals surface area contributed by atoms with Crippen LogP contribution in [-0.4, -0.2) is 30.1 Å². The number of amides is 1. The zero-order valence-electron chi connectivity index (χ0n) is 15.0. The first-order chi connectivity index (χ1) is 11.8. The first-order valence-electron chi connectivity index (χ1n) is 8.69. The smallest absolute Gasteiger partial charge is 0.350 e. The molecule has 138 valence electrons. The van der Waals surface area contributed by atoms with E-state index in [9.17, 15) is 14.0 Å². The molecule has 1 N–H and O–H groups in total. The molecule has 1 aromatic rings. The van der Waals surface area contributed by atoms with Crippen LogP contribution < -0.4 is 10.1 Å². The van der Waals surface area contributed by atoms with Crippen LogP contribution in [0.2, 0.25) is 0 Å². The Kier molecular flexibility index (Phi) is 6.39. The third kappa shape index (κ3) is 5.73. The van der Waals surface area contributed by atoms with Gasteiger partial charge in [-0.15, -0.1) is 0 Å². The van der Waals surface area contributed by atoms with Crippen LogP contribution in [-0.2, 0) is 14.3 Å². The number of esters is 1. The summed E-state index contributed by atoms with van der Waals surface area (Å²) in [7, 11) is 0. The Morgan fingerprint density at radius 3 is 2.48 bits per heavy atom. The summed E-state index contributed by atoms with van der Waals surface area (Å²) in [4.78, 5) is 24.2. The fourth-order valence-electron chi connectivity index (χ4n) is 2.92. The van der Waals surface area contributed by atoms with Gasteiger partial charge >= 0.3 is 5.97 Å². The maximum Gasteiger partial charge on any atom is 0.350 e. The summed E-state index contributed by atoms with van der Waals surface area (Å²) in [6, 6.07) is 5.50. The zero-order valence-corrected chi connectivity index (χ0v) is 15.0. The molecule has 0 unspecified atom stereocenters. The highest BCUT2D eigenvalue weighted by molar-refractivity contribution is 5.84. The third-order valence-corrected chi connectivity index (χ3v) is 4.47. The fourth-order valence-corrected chi connectivity index (χ4v) is 2.92. The molecule has 2 atom stereocenters. The van der Waals surface area contributed by atoms with Gasteiger partial charge in [0.15, 0.2) is 12.2 Å². The van der Waals surface area contributed by atoms with E-state index in [2.05, 4.69) is 12.2 Å². The quantitative estimate of drug-likeness (QED) is 0.799. The highest BCUT2D eigenvalue weighted by Gasteiger charge is 2.32. The number of carbonyl (C=O) groups excluding carboxylic acids is 2. The topological polar surface area (TPSA) is 64.6 Å². The maximum atomic E-state index is 12.9. The van der Waals surface area contributed by atoms with Crippen molar-refractivity contribution >= 4 is 11.9 Å². The molecule has 1 fully saturated rings. The first kappa shape index (κ1) is 19.2. The van der Waals surface area contributed by atoms with E-state index in [0.717, 1.165) is 19.3 Å². The molecule has 0 spiro atoms. The van der Waals surface area contributed by atoms with Crippen molar-refractivity contribution in [3.05, 3.63) is 30.1 Å². The van der Waals surface area contributed by atoms with E-state index in [1.54, 1.807) is 13.8 Å². The Morgan fingerprint density at radius 1 is 1.20 bits per heavy atom. The Hall–Kier alpha value is -2.11. The van der Waals surface area contributed by atoms with Crippen molar-refractivity contribution in [1.29, 1.82) is 0 Å². The molecule has 5 nitrogen and oxygen atoms in total. The van der Waals surface area contributed by atoms with E-state index in [1.807, 2.05) is 0 Å². The summed E-state index contributed by atoms with van der Waals surface area (Å²) in [5.41, 5.74) is -1.28. The number of rotatable bonds is 6. The molecule has 25 heavy (non-hydrogen) atoms. The number of ether oxygens (including phenoxy) is 2. The number of nitrogens with one attached hydrogen (secondary N) is 1. The lowest BCUT2D eigenvalue weighted by atomic mass is 9.86. The molecule has 2 rings (SSSR count). The van der Waals surface area contributed by atoms with Crippen LogP contribution in [0.4, 0.5) is 4.39 Å². The molecular formula is C19H26FNO4. The SMILES string of the molecule is C[C@H]1CCCC[C@H]1NC(=O)COC(=O)C(C)(C)Oc1ccc(F)cc1. The maximum absolute atomic E-state index is 12.9. The van der Waals surface area contributed by atoms with Gasteiger partial charge in [-0.1, -0.05) is 19.8 Å². The number of hydrogen-bond donors (Lipinski definition) is 1. The summed E-state index contributed by atoms with van der Waals surface area (Å²) in [6.07, 6.45) is 4.36. The molecule has 0 bridgehead atoms. The molecule has 6 heteroatoms. The Balaban J connectivity index is 1.81. The molecule has 0 aromatic heterocycles. The lowest BCUT2D eigenvalue weighted by Gasteiger charge is -2.29. The highest BCUT2D eigenvalue weighted by atomic mass is 19.1. The molecule has 1 aliphatic carbocycles. The van der Waals surface area contributed by atoms with Gasteiger partial charge in [-0.3, -0.25) is 4.79 Å². The predicted octanol–water partition coefficient (Wildman–Crippen LogP) is 3.22. The van der Waals surface area contributed by atoms with Crippen molar-refractivity contribution < 1.29 is 23.5 Å². The van der Waals surface area contributed by atoms with Crippen molar-refractivity contribution in [3.8, 4) is 5.75 Å². The van der Waals surface area contributed by atoms with Crippen molar-refractivity contribution in [2.45, 2.75) is 58.1 Å².